The van der Waals surface area contributed by atoms with Crippen LogP contribution in [0.2, 0.25) is 0 Å². The zero-order valence-electron chi connectivity index (χ0n) is 19.6. The van der Waals surface area contributed by atoms with E-state index in [1.807, 2.05) is 55.5 Å². The number of fused-ring (bicyclic) bond motifs is 1. The van der Waals surface area contributed by atoms with Crippen molar-refractivity contribution in [1.82, 2.24) is 4.98 Å². The fraction of sp³-hybridized carbons (Fsp3) is 0.241. The van der Waals surface area contributed by atoms with Crippen molar-refractivity contribution in [3.8, 4) is 28.3 Å². The number of H-pyrrole nitrogens is 1. The van der Waals surface area contributed by atoms with Crippen LogP contribution in [0.25, 0.3) is 33.2 Å². The number of hydrogen-bond acceptors (Lipinski definition) is 4. The molecule has 1 fully saturated rings. The van der Waals surface area contributed by atoms with Crippen LogP contribution in [0, 0.1) is 18.3 Å². The highest BCUT2D eigenvalue weighted by atomic mass is 16.5. The summed E-state index contributed by atoms with van der Waals surface area (Å²) in [6, 6.07) is 21.8. The molecule has 0 spiro atoms. The number of para-hydroxylation sites is 1. The number of aromatic amines is 1. The lowest BCUT2D eigenvalue weighted by atomic mass is 9.95. The van der Waals surface area contributed by atoms with E-state index in [9.17, 15) is 10.1 Å². The van der Waals surface area contributed by atoms with Gasteiger partial charge in [-0.1, -0.05) is 30.3 Å². The van der Waals surface area contributed by atoms with Crippen LogP contribution in [0.1, 0.15) is 25.0 Å². The lowest BCUT2D eigenvalue weighted by Crippen LogP contribution is -2.45. The highest BCUT2D eigenvalue weighted by molar-refractivity contribution is 5.96. The number of hydrogen-bond donors (Lipinski definition) is 1. The molecule has 3 aromatic carbocycles. The Labute approximate surface area is 199 Å². The van der Waals surface area contributed by atoms with Crippen molar-refractivity contribution >= 4 is 16.6 Å². The predicted molar refractivity (Wildman–Crippen MR) is 137 cm³/mol. The van der Waals surface area contributed by atoms with Crippen LogP contribution in [0.4, 0.5) is 5.69 Å². The Morgan fingerprint density at radius 2 is 1.71 bits per heavy atom. The number of benzene rings is 3. The molecule has 0 saturated carbocycles. The minimum atomic E-state index is 0.00302. The van der Waals surface area contributed by atoms with Gasteiger partial charge in [0, 0.05) is 41.5 Å². The number of nitriles is 1. The van der Waals surface area contributed by atoms with E-state index in [0.717, 1.165) is 46.5 Å². The van der Waals surface area contributed by atoms with Crippen molar-refractivity contribution in [3.05, 3.63) is 88.2 Å². The van der Waals surface area contributed by atoms with Crippen molar-refractivity contribution in [2.24, 2.45) is 0 Å². The summed E-state index contributed by atoms with van der Waals surface area (Å²) in [7, 11) is 0. The topological polar surface area (TPSA) is 69.1 Å². The largest absolute Gasteiger partial charge is 0.372 e. The number of aromatic nitrogens is 1. The number of nitrogens with one attached hydrogen (secondary N) is 1. The van der Waals surface area contributed by atoms with Gasteiger partial charge < -0.3 is 14.6 Å². The van der Waals surface area contributed by atoms with Gasteiger partial charge in [-0.25, -0.2) is 0 Å². The number of anilines is 1. The Bertz CT molecular complexity index is 1450. The molecule has 4 aromatic rings. The number of rotatable bonds is 3. The minimum absolute atomic E-state index is 0.00302. The number of aryl methyl sites for hydroxylation is 1. The summed E-state index contributed by atoms with van der Waals surface area (Å²) in [5, 5.41) is 9.83. The number of morpholine rings is 1. The maximum atomic E-state index is 13.5. The quantitative estimate of drug-likeness (QED) is 0.438. The highest BCUT2D eigenvalue weighted by Crippen LogP contribution is 2.31. The van der Waals surface area contributed by atoms with Crippen molar-refractivity contribution in [2.75, 3.05) is 18.0 Å². The van der Waals surface area contributed by atoms with Crippen LogP contribution in [0.15, 0.2) is 71.7 Å². The molecule has 1 aliphatic rings. The molecule has 0 radical (unpaired) electrons. The second-order valence-electron chi connectivity index (χ2n) is 9.11. The van der Waals surface area contributed by atoms with Gasteiger partial charge in [0.1, 0.15) is 0 Å². The zero-order chi connectivity index (χ0) is 23.8. The first-order valence-corrected chi connectivity index (χ1v) is 11.6. The summed E-state index contributed by atoms with van der Waals surface area (Å²) in [4.78, 5) is 19.2. The Kier molecular flexibility index (Phi) is 5.69. The average molecular weight is 450 g/mol. The Balaban J connectivity index is 1.52. The molecule has 5 nitrogen and oxygen atoms in total. The van der Waals surface area contributed by atoms with E-state index in [4.69, 9.17) is 4.74 Å². The van der Waals surface area contributed by atoms with Gasteiger partial charge >= 0.3 is 0 Å². The smallest absolute Gasteiger partial charge is 0.197 e. The van der Waals surface area contributed by atoms with Gasteiger partial charge in [-0.3, -0.25) is 4.79 Å². The second-order valence-corrected chi connectivity index (χ2v) is 9.11. The third-order valence-electron chi connectivity index (χ3n) is 6.52. The third kappa shape index (κ3) is 3.98. The standard InChI is InChI=1S/C29H27N3O2/c1-18-13-21(14-30)7-12-24(18)25-5-4-6-26-28(25)31-15-27(29(26)33)22-8-10-23(11-9-22)32-16-19(2)34-20(3)17-32/h4-13,15,19-20H,16-17H2,1-3H3,(H,31,33). The molecule has 5 heteroatoms. The predicted octanol–water partition coefficient (Wildman–Crippen LogP) is 5.66. The minimum Gasteiger partial charge on any atom is -0.372 e. The van der Waals surface area contributed by atoms with E-state index in [1.54, 1.807) is 6.20 Å². The van der Waals surface area contributed by atoms with Gasteiger partial charge in [0.05, 0.1) is 29.4 Å². The summed E-state index contributed by atoms with van der Waals surface area (Å²) in [6.45, 7) is 7.90. The molecule has 0 bridgehead atoms. The van der Waals surface area contributed by atoms with Crippen LogP contribution < -0.4 is 10.3 Å². The lowest BCUT2D eigenvalue weighted by molar-refractivity contribution is -0.00521. The molecule has 1 saturated heterocycles. The van der Waals surface area contributed by atoms with Crippen molar-refractivity contribution < 1.29 is 4.74 Å². The van der Waals surface area contributed by atoms with Crippen molar-refractivity contribution in [2.45, 2.75) is 33.0 Å². The molecule has 34 heavy (non-hydrogen) atoms. The molecule has 2 atom stereocenters. The van der Waals surface area contributed by atoms with Crippen LogP contribution in [0.5, 0.6) is 0 Å². The number of pyridine rings is 1. The molecule has 5 rings (SSSR count). The number of ether oxygens (including phenoxy) is 1. The first-order chi connectivity index (χ1) is 16.4. The lowest BCUT2D eigenvalue weighted by Gasteiger charge is -2.36. The normalized spacial score (nSPS) is 18.1. The zero-order valence-corrected chi connectivity index (χ0v) is 19.6. The molecule has 0 amide bonds. The summed E-state index contributed by atoms with van der Waals surface area (Å²) in [5.41, 5.74) is 7.07. The molecule has 2 unspecified atom stereocenters. The Morgan fingerprint density at radius 3 is 2.38 bits per heavy atom. The van der Waals surface area contributed by atoms with Gasteiger partial charge in [-0.05, 0) is 67.8 Å². The summed E-state index contributed by atoms with van der Waals surface area (Å²) >= 11 is 0. The highest BCUT2D eigenvalue weighted by Gasteiger charge is 2.22. The van der Waals surface area contributed by atoms with Crippen molar-refractivity contribution in [3.63, 3.8) is 0 Å². The maximum absolute atomic E-state index is 13.5. The summed E-state index contributed by atoms with van der Waals surface area (Å²) in [6.07, 6.45) is 2.20. The molecular formula is C29H27N3O2. The Morgan fingerprint density at radius 1 is 0.971 bits per heavy atom. The van der Waals surface area contributed by atoms with Gasteiger partial charge in [0.25, 0.3) is 0 Å². The third-order valence-corrected chi connectivity index (χ3v) is 6.52. The van der Waals surface area contributed by atoms with E-state index in [-0.39, 0.29) is 17.6 Å². The first kappa shape index (κ1) is 21.9. The molecule has 1 aliphatic heterocycles. The van der Waals surface area contributed by atoms with Gasteiger partial charge in [-0.2, -0.15) is 5.26 Å². The van der Waals surface area contributed by atoms with Crippen LogP contribution in [-0.2, 0) is 4.74 Å². The molecular weight excluding hydrogens is 422 g/mol. The van der Waals surface area contributed by atoms with Gasteiger partial charge in [0.15, 0.2) is 5.43 Å². The molecule has 170 valence electrons. The van der Waals surface area contributed by atoms with Crippen LogP contribution in [0.3, 0.4) is 0 Å². The van der Waals surface area contributed by atoms with Gasteiger partial charge in [0.2, 0.25) is 0 Å². The molecule has 0 aliphatic carbocycles. The second kappa shape index (κ2) is 8.81. The van der Waals surface area contributed by atoms with E-state index in [0.29, 0.717) is 16.5 Å². The van der Waals surface area contributed by atoms with E-state index in [1.165, 1.54) is 0 Å². The monoisotopic (exact) mass is 449 g/mol. The average Bonchev–Trinajstić information content (AvgIpc) is 2.84. The molecule has 2 heterocycles. The Hall–Kier alpha value is -3.88. The SMILES string of the molecule is Cc1cc(C#N)ccc1-c1cccc2c(=O)c(-c3ccc(N4CC(C)OC(C)C4)cc3)c[nH]c12. The number of nitrogens with zero attached hydrogens (tertiary/aromatic N) is 2. The fourth-order valence-electron chi connectivity index (χ4n) is 4.97. The first-order valence-electron chi connectivity index (χ1n) is 11.6. The van der Waals surface area contributed by atoms with E-state index < -0.39 is 0 Å². The van der Waals surface area contributed by atoms with Crippen LogP contribution in [-0.4, -0.2) is 30.3 Å². The van der Waals surface area contributed by atoms with E-state index in [2.05, 4.69) is 41.9 Å². The maximum Gasteiger partial charge on any atom is 0.197 e. The summed E-state index contributed by atoms with van der Waals surface area (Å²) < 4.78 is 5.85. The van der Waals surface area contributed by atoms with Crippen molar-refractivity contribution in [1.29, 1.82) is 5.26 Å². The molecule has 1 N–H and O–H groups in total. The van der Waals surface area contributed by atoms with Gasteiger partial charge in [-0.15, -0.1) is 0 Å². The van der Waals surface area contributed by atoms with Crippen LogP contribution >= 0.6 is 0 Å². The fourth-order valence-corrected chi connectivity index (χ4v) is 4.97. The summed E-state index contributed by atoms with van der Waals surface area (Å²) in [5.74, 6) is 0. The molecule has 1 aromatic heterocycles. The van der Waals surface area contributed by atoms with E-state index >= 15 is 0 Å².